The Balaban J connectivity index is 2.80. The third-order valence-electron chi connectivity index (χ3n) is 2.41. The Labute approximate surface area is 121 Å². The molecule has 0 aliphatic carbocycles. The van der Waals surface area contributed by atoms with Crippen LogP contribution in [-0.2, 0) is 4.74 Å². The van der Waals surface area contributed by atoms with Crippen molar-refractivity contribution in [3.63, 3.8) is 0 Å². The maximum atomic E-state index is 11.4. The number of carbonyl (C=O) groups excluding carboxylic acids is 1. The highest BCUT2D eigenvalue weighted by molar-refractivity contribution is 7.99. The number of nitrogens with one attached hydrogen (secondary N) is 1. The minimum Gasteiger partial charge on any atom is -0.465 e. The van der Waals surface area contributed by atoms with Crippen LogP contribution in [0.15, 0.2) is 30.9 Å². The van der Waals surface area contributed by atoms with Gasteiger partial charge in [-0.2, -0.15) is 11.8 Å². The van der Waals surface area contributed by atoms with Crippen LogP contribution in [0.3, 0.4) is 0 Å². The van der Waals surface area contributed by atoms with Gasteiger partial charge in [0.15, 0.2) is 0 Å². The summed E-state index contributed by atoms with van der Waals surface area (Å²) in [5.41, 5.74) is 0.530. The van der Waals surface area contributed by atoms with Gasteiger partial charge >= 0.3 is 5.97 Å². The lowest BCUT2D eigenvalue weighted by Crippen LogP contribution is -2.09. The van der Waals surface area contributed by atoms with Crippen LogP contribution < -0.4 is 5.32 Å². The van der Waals surface area contributed by atoms with Crippen LogP contribution in [0.1, 0.15) is 10.4 Å². The number of hydrogen-bond donors (Lipinski definition) is 1. The normalized spacial score (nSPS) is 9.85. The van der Waals surface area contributed by atoms with Crippen LogP contribution >= 0.6 is 11.8 Å². The highest BCUT2D eigenvalue weighted by atomic mass is 32.2. The lowest BCUT2D eigenvalue weighted by Gasteiger charge is -2.08. The molecule has 1 aromatic carbocycles. The number of nitrogens with zero attached hydrogens (tertiary/aromatic N) is 1. The van der Waals surface area contributed by atoms with E-state index in [4.69, 9.17) is 0 Å². The van der Waals surface area contributed by atoms with Gasteiger partial charge < -0.3 is 10.1 Å². The summed E-state index contributed by atoms with van der Waals surface area (Å²) < 4.78 is 4.60. The summed E-state index contributed by atoms with van der Waals surface area (Å²) in [5, 5.41) is 13.9. The van der Waals surface area contributed by atoms with E-state index in [1.807, 2.05) is 0 Å². The minimum atomic E-state index is -0.524. The van der Waals surface area contributed by atoms with Crippen molar-refractivity contribution in [1.82, 2.24) is 0 Å². The number of methoxy groups -OCH3 is 1. The molecule has 1 N–H and O–H groups in total. The molecule has 0 fully saturated rings. The summed E-state index contributed by atoms with van der Waals surface area (Å²) in [6.45, 7) is 4.17. The number of benzene rings is 1. The number of hydrogen-bond acceptors (Lipinski definition) is 6. The number of anilines is 1. The molecule has 0 aliphatic rings. The van der Waals surface area contributed by atoms with E-state index in [1.165, 1.54) is 25.3 Å². The van der Waals surface area contributed by atoms with E-state index in [-0.39, 0.29) is 11.3 Å². The summed E-state index contributed by atoms with van der Waals surface area (Å²) >= 11 is 1.66. The average molecular weight is 296 g/mol. The second kappa shape index (κ2) is 8.21. The molecular weight excluding hydrogens is 280 g/mol. The minimum absolute atomic E-state index is 0.0635. The monoisotopic (exact) mass is 296 g/mol. The summed E-state index contributed by atoms with van der Waals surface area (Å²) in [4.78, 5) is 21.9. The summed E-state index contributed by atoms with van der Waals surface area (Å²) in [7, 11) is 1.27. The molecule has 1 rings (SSSR count). The Morgan fingerprint density at radius 3 is 2.95 bits per heavy atom. The van der Waals surface area contributed by atoms with Gasteiger partial charge in [0.05, 0.1) is 17.6 Å². The van der Waals surface area contributed by atoms with Gasteiger partial charge in [0.2, 0.25) is 0 Å². The SMILES string of the molecule is C=CCSCCNc1cc(C(=O)OC)ccc1[N+](=O)[O-]. The topological polar surface area (TPSA) is 81.5 Å². The van der Waals surface area contributed by atoms with E-state index in [1.54, 1.807) is 17.8 Å². The number of nitro benzene ring substituents is 1. The molecule has 0 saturated heterocycles. The molecule has 0 bridgehead atoms. The second-order valence-electron chi connectivity index (χ2n) is 3.77. The Morgan fingerprint density at radius 2 is 2.35 bits per heavy atom. The van der Waals surface area contributed by atoms with Gasteiger partial charge in [0, 0.05) is 24.1 Å². The quantitative estimate of drug-likeness (QED) is 0.261. The lowest BCUT2D eigenvalue weighted by molar-refractivity contribution is -0.384. The van der Waals surface area contributed by atoms with E-state index in [2.05, 4.69) is 16.6 Å². The standard InChI is InChI=1S/C13H16N2O4S/c1-3-7-20-8-6-14-11-9-10(13(16)19-2)4-5-12(11)15(17)18/h3-5,9,14H,1,6-8H2,2H3. The van der Waals surface area contributed by atoms with Crippen molar-refractivity contribution in [2.24, 2.45) is 0 Å². The number of rotatable bonds is 8. The van der Waals surface area contributed by atoms with Gasteiger partial charge in [0.25, 0.3) is 5.69 Å². The van der Waals surface area contributed by atoms with Crippen LogP contribution in [-0.4, -0.2) is 36.1 Å². The first kappa shape index (κ1) is 16.0. The Hall–Kier alpha value is -2.02. The Bertz CT molecular complexity index is 505. The van der Waals surface area contributed by atoms with Crippen LogP contribution in [0.5, 0.6) is 0 Å². The van der Waals surface area contributed by atoms with Gasteiger partial charge in [-0.1, -0.05) is 6.08 Å². The molecule has 108 valence electrons. The van der Waals surface area contributed by atoms with E-state index in [0.717, 1.165) is 11.5 Å². The second-order valence-corrected chi connectivity index (χ2v) is 4.92. The Kier molecular flexibility index (Phi) is 6.58. The molecule has 1 aromatic rings. The van der Waals surface area contributed by atoms with Gasteiger partial charge in [0.1, 0.15) is 5.69 Å². The molecule has 0 saturated carbocycles. The van der Waals surface area contributed by atoms with Gasteiger partial charge in [-0.3, -0.25) is 10.1 Å². The van der Waals surface area contributed by atoms with Crippen LogP contribution in [0.4, 0.5) is 11.4 Å². The fourth-order valence-electron chi connectivity index (χ4n) is 1.51. The average Bonchev–Trinajstić information content (AvgIpc) is 2.45. The van der Waals surface area contributed by atoms with Gasteiger partial charge in [-0.05, 0) is 12.1 Å². The molecule has 0 aromatic heterocycles. The molecule has 0 radical (unpaired) electrons. The zero-order valence-corrected chi connectivity index (χ0v) is 11.9. The number of carbonyl (C=O) groups is 1. The van der Waals surface area contributed by atoms with Gasteiger partial charge in [-0.15, -0.1) is 6.58 Å². The maximum Gasteiger partial charge on any atom is 0.337 e. The molecule has 7 heteroatoms. The largest absolute Gasteiger partial charge is 0.465 e. The van der Waals surface area contributed by atoms with Crippen molar-refractivity contribution >= 4 is 29.1 Å². The predicted octanol–water partition coefficient (Wildman–Crippen LogP) is 2.71. The molecule has 0 heterocycles. The highest BCUT2D eigenvalue weighted by Gasteiger charge is 2.16. The molecule has 0 atom stereocenters. The molecule has 0 unspecified atom stereocenters. The molecule has 20 heavy (non-hydrogen) atoms. The zero-order chi connectivity index (χ0) is 15.0. The number of esters is 1. The first-order valence-electron chi connectivity index (χ1n) is 5.89. The third-order valence-corrected chi connectivity index (χ3v) is 3.38. The number of ether oxygens (including phenoxy) is 1. The van der Waals surface area contributed by atoms with Crippen LogP contribution in [0.25, 0.3) is 0 Å². The third kappa shape index (κ3) is 4.58. The van der Waals surface area contributed by atoms with E-state index >= 15 is 0 Å². The molecule has 0 spiro atoms. The predicted molar refractivity (Wildman–Crippen MR) is 80.4 cm³/mol. The van der Waals surface area contributed by atoms with E-state index in [0.29, 0.717) is 12.2 Å². The van der Waals surface area contributed by atoms with Crippen molar-refractivity contribution in [2.75, 3.05) is 30.5 Å². The fourth-order valence-corrected chi connectivity index (χ4v) is 2.09. The molecule has 0 aliphatic heterocycles. The highest BCUT2D eigenvalue weighted by Crippen LogP contribution is 2.25. The van der Waals surface area contributed by atoms with Crippen molar-refractivity contribution in [2.45, 2.75) is 0 Å². The van der Waals surface area contributed by atoms with E-state index < -0.39 is 10.9 Å². The first-order valence-corrected chi connectivity index (χ1v) is 7.05. The van der Waals surface area contributed by atoms with Crippen LogP contribution in [0.2, 0.25) is 0 Å². The fraction of sp³-hybridized carbons (Fsp3) is 0.308. The molecule has 0 amide bonds. The number of nitro groups is 1. The lowest BCUT2D eigenvalue weighted by atomic mass is 10.1. The van der Waals surface area contributed by atoms with Crippen molar-refractivity contribution in [3.8, 4) is 0 Å². The van der Waals surface area contributed by atoms with E-state index in [9.17, 15) is 14.9 Å². The summed E-state index contributed by atoms with van der Waals surface area (Å²) in [6.07, 6.45) is 1.80. The molecule has 6 nitrogen and oxygen atoms in total. The summed E-state index contributed by atoms with van der Waals surface area (Å²) in [5.74, 6) is 1.08. The zero-order valence-electron chi connectivity index (χ0n) is 11.1. The molecular formula is C13H16N2O4S. The summed E-state index contributed by atoms with van der Waals surface area (Å²) in [6, 6.07) is 4.11. The Morgan fingerprint density at radius 1 is 1.60 bits per heavy atom. The van der Waals surface area contributed by atoms with Crippen molar-refractivity contribution < 1.29 is 14.5 Å². The maximum absolute atomic E-state index is 11.4. The number of thioether (sulfide) groups is 1. The van der Waals surface area contributed by atoms with Crippen LogP contribution in [0, 0.1) is 10.1 Å². The van der Waals surface area contributed by atoms with Gasteiger partial charge in [-0.25, -0.2) is 4.79 Å². The van der Waals surface area contributed by atoms with Crippen molar-refractivity contribution in [3.05, 3.63) is 46.5 Å². The smallest absolute Gasteiger partial charge is 0.337 e. The van der Waals surface area contributed by atoms with Crippen molar-refractivity contribution in [1.29, 1.82) is 0 Å². The first-order chi connectivity index (χ1) is 9.60.